The third-order valence-electron chi connectivity index (χ3n) is 3.14. The molecule has 1 aromatic carbocycles. The molecule has 0 radical (unpaired) electrons. The Kier molecular flexibility index (Phi) is 2.25. The summed E-state index contributed by atoms with van der Waals surface area (Å²) in [6.07, 6.45) is 2.44. The van der Waals surface area contributed by atoms with Gasteiger partial charge in [0.1, 0.15) is 5.82 Å². The first kappa shape index (κ1) is 11.1. The van der Waals surface area contributed by atoms with Crippen LogP contribution < -0.4 is 5.73 Å². The molecule has 0 atom stereocenters. The maximum atomic E-state index is 6.21. The van der Waals surface area contributed by atoms with Crippen LogP contribution in [0.3, 0.4) is 0 Å². The van der Waals surface area contributed by atoms with Gasteiger partial charge in [-0.2, -0.15) is 0 Å². The van der Waals surface area contributed by atoms with Gasteiger partial charge in [0.2, 0.25) is 0 Å². The van der Waals surface area contributed by atoms with Crippen molar-refractivity contribution < 1.29 is 0 Å². The van der Waals surface area contributed by atoms with E-state index in [4.69, 9.17) is 17.3 Å². The van der Waals surface area contributed by atoms with Crippen LogP contribution in [-0.4, -0.2) is 9.55 Å². The summed E-state index contributed by atoms with van der Waals surface area (Å²) in [4.78, 5) is 4.66. The Morgan fingerprint density at radius 1 is 1.41 bits per heavy atom. The van der Waals surface area contributed by atoms with Crippen molar-refractivity contribution >= 4 is 22.6 Å². The van der Waals surface area contributed by atoms with Gasteiger partial charge in [0.15, 0.2) is 0 Å². The Morgan fingerprint density at radius 3 is 2.71 bits per heavy atom. The smallest absolute Gasteiger partial charge is 0.129 e. The van der Waals surface area contributed by atoms with Gasteiger partial charge in [-0.15, -0.1) is 0 Å². The largest absolute Gasteiger partial charge is 0.323 e. The molecule has 17 heavy (non-hydrogen) atoms. The molecule has 1 fully saturated rings. The summed E-state index contributed by atoms with van der Waals surface area (Å²) in [5, 5.41) is 0.722. The molecule has 90 valence electrons. The molecule has 1 aromatic heterocycles. The first-order chi connectivity index (χ1) is 7.97. The number of nitrogens with zero attached hydrogens (tertiary/aromatic N) is 2. The Bertz CT molecular complexity index is 576. The number of fused-ring (bicyclic) bond motifs is 1. The summed E-state index contributed by atoms with van der Waals surface area (Å²) in [6.45, 7) is 3.99. The number of hydrogen-bond acceptors (Lipinski definition) is 2. The predicted molar refractivity (Wildman–Crippen MR) is 70.2 cm³/mol. The maximum absolute atomic E-state index is 6.21. The molecular weight excluding hydrogens is 234 g/mol. The molecule has 1 aliphatic rings. The fourth-order valence-electron chi connectivity index (χ4n) is 2.23. The molecule has 1 aliphatic carbocycles. The Balaban J connectivity index is 2.30. The highest BCUT2D eigenvalue weighted by Crippen LogP contribution is 2.40. The highest BCUT2D eigenvalue weighted by atomic mass is 35.5. The molecule has 1 saturated carbocycles. The van der Waals surface area contributed by atoms with Crippen LogP contribution in [0, 0.1) is 0 Å². The van der Waals surface area contributed by atoms with Gasteiger partial charge in [-0.25, -0.2) is 4.98 Å². The Morgan fingerprint density at radius 2 is 2.12 bits per heavy atom. The van der Waals surface area contributed by atoms with E-state index in [1.165, 1.54) is 12.8 Å². The van der Waals surface area contributed by atoms with Crippen molar-refractivity contribution in [3.8, 4) is 0 Å². The van der Waals surface area contributed by atoms with Gasteiger partial charge < -0.3 is 10.3 Å². The third-order valence-corrected chi connectivity index (χ3v) is 3.37. The van der Waals surface area contributed by atoms with Crippen LogP contribution >= 0.6 is 11.6 Å². The van der Waals surface area contributed by atoms with Crippen molar-refractivity contribution in [1.82, 2.24) is 9.55 Å². The van der Waals surface area contributed by atoms with E-state index >= 15 is 0 Å². The first-order valence-electron chi connectivity index (χ1n) is 5.93. The van der Waals surface area contributed by atoms with Crippen molar-refractivity contribution in [2.45, 2.75) is 38.3 Å². The van der Waals surface area contributed by atoms with Crippen molar-refractivity contribution in [3.63, 3.8) is 0 Å². The number of imidazole rings is 1. The zero-order chi connectivity index (χ0) is 12.2. The summed E-state index contributed by atoms with van der Waals surface area (Å²) < 4.78 is 2.28. The molecular formula is C13H16ClN3. The Labute approximate surface area is 106 Å². The van der Waals surface area contributed by atoms with Crippen LogP contribution in [-0.2, 0) is 5.54 Å². The molecule has 2 aromatic rings. The van der Waals surface area contributed by atoms with Crippen molar-refractivity contribution in [3.05, 3.63) is 29.0 Å². The maximum Gasteiger partial charge on any atom is 0.129 e. The van der Waals surface area contributed by atoms with E-state index in [9.17, 15) is 0 Å². The molecule has 0 amide bonds. The number of hydrogen-bond donors (Lipinski definition) is 1. The second-order valence-electron chi connectivity index (χ2n) is 5.39. The first-order valence-corrected chi connectivity index (χ1v) is 6.31. The van der Waals surface area contributed by atoms with Crippen LogP contribution in [0.1, 0.15) is 38.6 Å². The lowest BCUT2D eigenvalue weighted by molar-refractivity contribution is 0.482. The van der Waals surface area contributed by atoms with E-state index in [0.717, 1.165) is 21.9 Å². The summed E-state index contributed by atoms with van der Waals surface area (Å²) >= 11 is 6.01. The minimum atomic E-state index is -0.423. The van der Waals surface area contributed by atoms with Crippen LogP contribution in [0.2, 0.25) is 5.02 Å². The van der Waals surface area contributed by atoms with Gasteiger partial charge in [-0.05, 0) is 44.9 Å². The quantitative estimate of drug-likeness (QED) is 0.888. The van der Waals surface area contributed by atoms with E-state index in [-0.39, 0.29) is 0 Å². The summed E-state index contributed by atoms with van der Waals surface area (Å²) in [5.74, 6) is 0.956. The van der Waals surface area contributed by atoms with Crippen LogP contribution in [0.4, 0.5) is 0 Å². The standard InChI is InChI=1S/C13H16ClN3/c1-13(2,15)12-16-10-7-8(14)3-6-11(10)17(12)9-4-5-9/h3,6-7,9H,4-5,15H2,1-2H3. The van der Waals surface area contributed by atoms with E-state index in [0.29, 0.717) is 6.04 Å². The van der Waals surface area contributed by atoms with E-state index < -0.39 is 5.54 Å². The molecule has 0 saturated heterocycles. The number of rotatable bonds is 2. The zero-order valence-corrected chi connectivity index (χ0v) is 10.8. The molecule has 2 N–H and O–H groups in total. The Hall–Kier alpha value is -1.06. The zero-order valence-electron chi connectivity index (χ0n) is 10.1. The summed E-state index contributed by atoms with van der Waals surface area (Å²) in [7, 11) is 0. The lowest BCUT2D eigenvalue weighted by Gasteiger charge is -2.20. The molecule has 0 spiro atoms. The van der Waals surface area contributed by atoms with Gasteiger partial charge in [0.05, 0.1) is 16.6 Å². The summed E-state index contributed by atoms with van der Waals surface area (Å²) in [5.41, 5.74) is 7.87. The lowest BCUT2D eigenvalue weighted by atomic mass is 10.1. The van der Waals surface area contributed by atoms with Crippen LogP contribution in [0.5, 0.6) is 0 Å². The van der Waals surface area contributed by atoms with Gasteiger partial charge in [-0.1, -0.05) is 11.6 Å². The second kappa shape index (κ2) is 3.47. The minimum absolute atomic E-state index is 0.423. The number of nitrogens with two attached hydrogens (primary N) is 1. The average molecular weight is 250 g/mol. The average Bonchev–Trinajstić information content (AvgIpc) is 2.97. The summed E-state index contributed by atoms with van der Waals surface area (Å²) in [6, 6.07) is 6.43. The highest BCUT2D eigenvalue weighted by Gasteiger charge is 2.32. The predicted octanol–water partition coefficient (Wildman–Crippen LogP) is 3.22. The van der Waals surface area contributed by atoms with Gasteiger partial charge in [-0.3, -0.25) is 0 Å². The molecule has 0 bridgehead atoms. The third kappa shape index (κ3) is 1.83. The van der Waals surface area contributed by atoms with Gasteiger partial charge in [0, 0.05) is 11.1 Å². The van der Waals surface area contributed by atoms with Crippen molar-refractivity contribution in [2.24, 2.45) is 5.73 Å². The van der Waals surface area contributed by atoms with Crippen molar-refractivity contribution in [1.29, 1.82) is 0 Å². The molecule has 4 heteroatoms. The monoisotopic (exact) mass is 249 g/mol. The van der Waals surface area contributed by atoms with E-state index in [1.807, 2.05) is 32.0 Å². The number of halogens is 1. The lowest BCUT2D eigenvalue weighted by Crippen LogP contribution is -2.32. The van der Waals surface area contributed by atoms with E-state index in [2.05, 4.69) is 9.55 Å². The minimum Gasteiger partial charge on any atom is -0.323 e. The number of aromatic nitrogens is 2. The second-order valence-corrected chi connectivity index (χ2v) is 5.83. The van der Waals surface area contributed by atoms with Crippen molar-refractivity contribution in [2.75, 3.05) is 0 Å². The normalized spacial score (nSPS) is 16.7. The van der Waals surface area contributed by atoms with Gasteiger partial charge in [0.25, 0.3) is 0 Å². The highest BCUT2D eigenvalue weighted by molar-refractivity contribution is 6.31. The fourth-order valence-corrected chi connectivity index (χ4v) is 2.40. The molecule has 3 rings (SSSR count). The van der Waals surface area contributed by atoms with Gasteiger partial charge >= 0.3 is 0 Å². The molecule has 0 unspecified atom stereocenters. The molecule has 0 aliphatic heterocycles. The van der Waals surface area contributed by atoms with Crippen LogP contribution in [0.15, 0.2) is 18.2 Å². The van der Waals surface area contributed by atoms with Crippen LogP contribution in [0.25, 0.3) is 11.0 Å². The molecule has 3 nitrogen and oxygen atoms in total. The fraction of sp³-hybridized carbons (Fsp3) is 0.462. The molecule has 1 heterocycles. The topological polar surface area (TPSA) is 43.8 Å². The van der Waals surface area contributed by atoms with E-state index in [1.54, 1.807) is 0 Å². The number of benzene rings is 1. The SMILES string of the molecule is CC(C)(N)c1nc2cc(Cl)ccc2n1C1CC1.